The van der Waals surface area contributed by atoms with Gasteiger partial charge in [0, 0.05) is 44.7 Å². The summed E-state index contributed by atoms with van der Waals surface area (Å²) in [6.45, 7) is 16.6. The lowest BCUT2D eigenvalue weighted by Crippen LogP contribution is -2.62. The van der Waals surface area contributed by atoms with Gasteiger partial charge in [0.15, 0.2) is 0 Å². The third-order valence-corrected chi connectivity index (χ3v) is 16.0. The third kappa shape index (κ3) is 7.09. The predicted octanol–water partition coefficient (Wildman–Crippen LogP) is 15.0. The second kappa shape index (κ2) is 16.5. The molecule has 0 amide bonds. The van der Waals surface area contributed by atoms with E-state index in [2.05, 4.69) is 265 Å². The minimum atomic E-state index is -0.436. The fraction of sp³-hybridized carbons (Fsp3) is 0.219. The maximum Gasteiger partial charge on any atom is 0.226 e. The molecule has 0 spiro atoms. The molecule has 67 heavy (non-hydrogen) atoms. The van der Waals surface area contributed by atoms with Crippen LogP contribution in [0.5, 0.6) is 0 Å². The number of allylic oxidation sites excluding steroid dienone is 6. The minimum Gasteiger partial charge on any atom is -0.335 e. The van der Waals surface area contributed by atoms with Crippen molar-refractivity contribution in [3.05, 3.63) is 256 Å². The first-order chi connectivity index (χ1) is 32.4. The normalized spacial score (nSPS) is 18.3. The molecular formula is C64H61BN2. The summed E-state index contributed by atoms with van der Waals surface area (Å²) in [5.74, 6) is 0.156. The number of aryl methyl sites for hydroxylation is 2. The summed E-state index contributed by atoms with van der Waals surface area (Å²) < 4.78 is 0. The van der Waals surface area contributed by atoms with Crippen molar-refractivity contribution < 1.29 is 0 Å². The smallest absolute Gasteiger partial charge is 0.226 e. The maximum absolute atomic E-state index is 2.75. The maximum atomic E-state index is 2.75. The van der Waals surface area contributed by atoms with Crippen molar-refractivity contribution in [3.8, 4) is 0 Å². The summed E-state index contributed by atoms with van der Waals surface area (Å²) in [7, 11) is 0. The van der Waals surface area contributed by atoms with Gasteiger partial charge in [-0.25, -0.2) is 0 Å². The first-order valence-electron chi connectivity index (χ1n) is 24.4. The molecule has 0 bridgehead atoms. The van der Waals surface area contributed by atoms with Gasteiger partial charge in [-0.3, -0.25) is 0 Å². The quantitative estimate of drug-likeness (QED) is 0.133. The van der Waals surface area contributed by atoms with Crippen LogP contribution in [0.2, 0.25) is 5.82 Å². The van der Waals surface area contributed by atoms with Crippen LogP contribution in [0.25, 0.3) is 0 Å². The zero-order valence-electron chi connectivity index (χ0n) is 40.2. The van der Waals surface area contributed by atoms with E-state index >= 15 is 0 Å². The van der Waals surface area contributed by atoms with E-state index in [4.69, 9.17) is 0 Å². The lowest BCUT2D eigenvalue weighted by molar-refractivity contribution is 0.618. The number of anilines is 5. The Morgan fingerprint density at radius 3 is 1.79 bits per heavy atom. The largest absolute Gasteiger partial charge is 0.335 e. The van der Waals surface area contributed by atoms with Gasteiger partial charge in [-0.2, -0.15) is 0 Å². The van der Waals surface area contributed by atoms with Gasteiger partial charge in [-0.15, -0.1) is 0 Å². The molecule has 2 aliphatic heterocycles. The van der Waals surface area contributed by atoms with E-state index in [-0.39, 0.29) is 29.4 Å². The molecule has 11 rings (SSSR count). The number of hydrogen-bond donors (Lipinski definition) is 0. The highest BCUT2D eigenvalue weighted by Crippen LogP contribution is 2.53. The van der Waals surface area contributed by atoms with E-state index in [1.807, 2.05) is 0 Å². The molecule has 4 aliphatic rings. The van der Waals surface area contributed by atoms with Crippen LogP contribution in [0.4, 0.5) is 28.4 Å². The van der Waals surface area contributed by atoms with Crippen LogP contribution in [0, 0.1) is 13.8 Å². The van der Waals surface area contributed by atoms with Crippen LogP contribution < -0.4 is 20.7 Å². The molecule has 0 N–H and O–H groups in total. The van der Waals surface area contributed by atoms with Crippen LogP contribution in [0.3, 0.4) is 0 Å². The molecule has 0 aromatic heterocycles. The Kier molecular flexibility index (Phi) is 10.5. The molecule has 330 valence electrons. The highest BCUT2D eigenvalue weighted by Gasteiger charge is 2.51. The van der Waals surface area contributed by atoms with Crippen molar-refractivity contribution in [2.24, 2.45) is 0 Å². The average molecular weight is 869 g/mol. The summed E-state index contributed by atoms with van der Waals surface area (Å²) in [6.07, 6.45) is 17.1. The summed E-state index contributed by atoms with van der Waals surface area (Å²) in [4.78, 5) is 5.34. The molecule has 0 saturated heterocycles. The van der Waals surface area contributed by atoms with Gasteiger partial charge in [-0.1, -0.05) is 203 Å². The molecular weight excluding hydrogens is 808 g/mol. The Labute approximate surface area is 399 Å². The summed E-state index contributed by atoms with van der Waals surface area (Å²) in [5, 5.41) is 0. The average Bonchev–Trinajstić information content (AvgIpc) is 3.37. The van der Waals surface area contributed by atoms with Crippen LogP contribution in [0.1, 0.15) is 86.4 Å². The van der Waals surface area contributed by atoms with Crippen molar-refractivity contribution in [3.63, 3.8) is 0 Å². The van der Waals surface area contributed by atoms with E-state index in [9.17, 15) is 0 Å². The number of benzene rings is 7. The molecule has 3 unspecified atom stereocenters. The van der Waals surface area contributed by atoms with Crippen molar-refractivity contribution in [1.82, 2.24) is 0 Å². The number of hydrogen-bond acceptors (Lipinski definition) is 2. The molecule has 2 heterocycles. The van der Waals surface area contributed by atoms with Crippen molar-refractivity contribution in [2.75, 3.05) is 9.80 Å². The highest BCUT2D eigenvalue weighted by molar-refractivity contribution is 6.91. The summed E-state index contributed by atoms with van der Waals surface area (Å²) >= 11 is 0. The zero-order chi connectivity index (χ0) is 46.1. The number of fused-ring (bicyclic) bond motifs is 4. The SMILES string of the molecule is Cc1ccc(N2c3ccc(C)cc3B3c4c2cc(C(C)(C2=CCCC=C2)c2ccccc2)cc4N(c2cccc(C(C)(C)c4ccccc4)c2)C2C=C(C(C)(C)c4ccccc4)C=CC32)cc1. The lowest BCUT2D eigenvalue weighted by Gasteiger charge is -2.52. The van der Waals surface area contributed by atoms with Crippen molar-refractivity contribution >= 4 is 46.1 Å². The molecule has 7 aromatic carbocycles. The Morgan fingerprint density at radius 1 is 0.493 bits per heavy atom. The van der Waals surface area contributed by atoms with Crippen LogP contribution in [-0.2, 0) is 16.2 Å². The Hall–Kier alpha value is -6.84. The topological polar surface area (TPSA) is 6.48 Å². The van der Waals surface area contributed by atoms with E-state index in [1.165, 1.54) is 89.5 Å². The molecule has 2 nitrogen and oxygen atoms in total. The van der Waals surface area contributed by atoms with Crippen molar-refractivity contribution in [1.29, 1.82) is 0 Å². The molecule has 0 radical (unpaired) electrons. The van der Waals surface area contributed by atoms with Crippen LogP contribution in [0.15, 0.2) is 217 Å². The molecule has 0 fully saturated rings. The number of nitrogens with zero attached hydrogens (tertiary/aromatic N) is 2. The molecule has 3 atom stereocenters. The van der Waals surface area contributed by atoms with E-state index in [1.54, 1.807) is 0 Å². The fourth-order valence-electron chi connectivity index (χ4n) is 11.9. The first kappa shape index (κ1) is 42.8. The second-order valence-corrected chi connectivity index (χ2v) is 20.7. The minimum absolute atomic E-state index is 0.0229. The van der Waals surface area contributed by atoms with Crippen LogP contribution in [-0.4, -0.2) is 12.8 Å². The van der Waals surface area contributed by atoms with E-state index in [0.29, 0.717) is 0 Å². The lowest BCUT2D eigenvalue weighted by atomic mass is 9.28. The zero-order valence-corrected chi connectivity index (χ0v) is 40.2. The Bertz CT molecular complexity index is 3120. The monoisotopic (exact) mass is 868 g/mol. The molecule has 0 saturated carbocycles. The van der Waals surface area contributed by atoms with Gasteiger partial charge in [0.25, 0.3) is 0 Å². The van der Waals surface area contributed by atoms with Gasteiger partial charge in [-0.05, 0) is 132 Å². The third-order valence-electron chi connectivity index (χ3n) is 16.0. The van der Waals surface area contributed by atoms with Gasteiger partial charge >= 0.3 is 0 Å². The highest BCUT2D eigenvalue weighted by atomic mass is 15.2. The molecule has 2 aliphatic carbocycles. The van der Waals surface area contributed by atoms with Gasteiger partial charge in [0.1, 0.15) is 0 Å². The predicted molar refractivity (Wildman–Crippen MR) is 286 cm³/mol. The summed E-state index contributed by atoms with van der Waals surface area (Å²) in [6, 6.07) is 64.4. The van der Waals surface area contributed by atoms with Gasteiger partial charge in [0.05, 0.1) is 6.04 Å². The molecule has 7 aromatic rings. The van der Waals surface area contributed by atoms with E-state index < -0.39 is 5.41 Å². The second-order valence-electron chi connectivity index (χ2n) is 20.7. The summed E-state index contributed by atoms with van der Waals surface area (Å²) in [5.41, 5.74) is 19.9. The van der Waals surface area contributed by atoms with Crippen molar-refractivity contribution in [2.45, 2.75) is 89.4 Å². The van der Waals surface area contributed by atoms with Gasteiger partial charge in [0.2, 0.25) is 6.71 Å². The van der Waals surface area contributed by atoms with Gasteiger partial charge < -0.3 is 9.80 Å². The van der Waals surface area contributed by atoms with E-state index in [0.717, 1.165) is 12.8 Å². The number of rotatable bonds is 9. The Balaban J connectivity index is 1.25. The fourth-order valence-corrected chi connectivity index (χ4v) is 11.9. The molecule has 3 heteroatoms. The standard InChI is InChI=1S/C64H61BN2/c1-44-31-35-53(36-32-44)66-57-38-33-45(2)39-56(57)65-55-37-34-51(63(5,6)47-23-14-9-15-24-47)41-58(55)67(54-30-20-29-50(40-54)62(3,4)46-21-12-8-13-22-46)60-43-52(42-59(66)61(60)65)64(7,48-25-16-10-17-26-48)49-27-18-11-19-28-49/h8-10,12-18,20-43,55,58H,11,19H2,1-7H3. The first-order valence-corrected chi connectivity index (χ1v) is 24.4. The Morgan fingerprint density at radius 2 is 1.12 bits per heavy atom. The van der Waals surface area contributed by atoms with Crippen LogP contribution >= 0.6 is 0 Å².